The summed E-state index contributed by atoms with van der Waals surface area (Å²) < 4.78 is 5.35. The van der Waals surface area contributed by atoms with Gasteiger partial charge in [-0.25, -0.2) is 0 Å². The van der Waals surface area contributed by atoms with Gasteiger partial charge < -0.3 is 9.64 Å². The first kappa shape index (κ1) is 17.5. The molecule has 1 atom stereocenters. The summed E-state index contributed by atoms with van der Waals surface area (Å²) in [5, 5.41) is 0. The van der Waals surface area contributed by atoms with Gasteiger partial charge in [-0.3, -0.25) is 4.79 Å². The molecule has 1 heterocycles. The van der Waals surface area contributed by atoms with Crippen LogP contribution in [0, 0.1) is 17.3 Å². The van der Waals surface area contributed by atoms with Crippen molar-refractivity contribution < 1.29 is 9.53 Å². The second-order valence-electron chi connectivity index (χ2n) is 7.53. The molecular formula is C17H33NO2. The van der Waals surface area contributed by atoms with Crippen molar-refractivity contribution in [2.45, 2.75) is 60.3 Å². The lowest BCUT2D eigenvalue weighted by Crippen LogP contribution is -2.46. The van der Waals surface area contributed by atoms with Crippen LogP contribution < -0.4 is 0 Å². The minimum atomic E-state index is 0.0488. The third-order valence-corrected chi connectivity index (χ3v) is 4.19. The Morgan fingerprint density at radius 3 is 2.15 bits per heavy atom. The molecule has 118 valence electrons. The first-order valence-corrected chi connectivity index (χ1v) is 8.19. The third kappa shape index (κ3) is 5.82. The number of morpholine rings is 1. The normalized spacial score (nSPS) is 18.4. The predicted octanol–water partition coefficient (Wildman–Crippen LogP) is 3.72. The molecule has 0 spiro atoms. The number of carbonyl (C=O) groups is 1. The molecule has 20 heavy (non-hydrogen) atoms. The van der Waals surface area contributed by atoms with Gasteiger partial charge in [-0.15, -0.1) is 0 Å². The van der Waals surface area contributed by atoms with Gasteiger partial charge in [-0.05, 0) is 17.8 Å². The smallest absolute Gasteiger partial charge is 0.226 e. The molecule has 0 aromatic heterocycles. The Hall–Kier alpha value is -0.570. The highest BCUT2D eigenvalue weighted by atomic mass is 16.5. The lowest BCUT2D eigenvalue weighted by molar-refractivity contribution is -0.143. The number of amides is 1. The molecule has 0 bridgehead atoms. The minimum absolute atomic E-state index is 0.0488. The SMILES string of the molecule is CC(C)CCCCC(C(=O)N1CCOCC1)C(C)(C)C. The summed E-state index contributed by atoms with van der Waals surface area (Å²) in [5.41, 5.74) is 0.0488. The molecule has 3 nitrogen and oxygen atoms in total. The monoisotopic (exact) mass is 283 g/mol. The predicted molar refractivity (Wildman–Crippen MR) is 83.7 cm³/mol. The van der Waals surface area contributed by atoms with Crippen molar-refractivity contribution >= 4 is 5.91 Å². The van der Waals surface area contributed by atoms with Gasteiger partial charge in [-0.2, -0.15) is 0 Å². The Balaban J connectivity index is 2.52. The van der Waals surface area contributed by atoms with Crippen molar-refractivity contribution in [2.24, 2.45) is 17.3 Å². The van der Waals surface area contributed by atoms with Crippen molar-refractivity contribution in [2.75, 3.05) is 26.3 Å². The molecule has 0 radical (unpaired) electrons. The number of nitrogens with zero attached hydrogens (tertiary/aromatic N) is 1. The number of rotatable bonds is 6. The Kier molecular flexibility index (Phi) is 7.01. The Bertz CT molecular complexity index is 288. The van der Waals surface area contributed by atoms with Crippen LogP contribution in [0.5, 0.6) is 0 Å². The van der Waals surface area contributed by atoms with Crippen LogP contribution in [0.25, 0.3) is 0 Å². The quantitative estimate of drug-likeness (QED) is 0.695. The van der Waals surface area contributed by atoms with E-state index in [1.807, 2.05) is 4.90 Å². The van der Waals surface area contributed by atoms with Gasteiger partial charge in [0.2, 0.25) is 5.91 Å². The van der Waals surface area contributed by atoms with Crippen molar-refractivity contribution in [1.82, 2.24) is 4.90 Å². The van der Waals surface area contributed by atoms with E-state index in [2.05, 4.69) is 34.6 Å². The fraction of sp³-hybridized carbons (Fsp3) is 0.941. The van der Waals surface area contributed by atoms with Crippen molar-refractivity contribution in [3.8, 4) is 0 Å². The van der Waals surface area contributed by atoms with Crippen molar-refractivity contribution in [3.63, 3.8) is 0 Å². The first-order chi connectivity index (χ1) is 9.32. The lowest BCUT2D eigenvalue weighted by Gasteiger charge is -2.36. The zero-order valence-electron chi connectivity index (χ0n) is 14.1. The molecule has 0 aliphatic carbocycles. The van der Waals surface area contributed by atoms with Crippen LogP contribution in [-0.4, -0.2) is 37.1 Å². The maximum absolute atomic E-state index is 12.7. The second-order valence-corrected chi connectivity index (χ2v) is 7.53. The van der Waals surface area contributed by atoms with Gasteiger partial charge in [0, 0.05) is 19.0 Å². The average Bonchev–Trinajstić information content (AvgIpc) is 2.37. The van der Waals surface area contributed by atoms with E-state index in [-0.39, 0.29) is 11.3 Å². The van der Waals surface area contributed by atoms with E-state index in [9.17, 15) is 4.79 Å². The molecule has 1 fully saturated rings. The zero-order chi connectivity index (χ0) is 15.2. The van der Waals surface area contributed by atoms with E-state index in [1.54, 1.807) is 0 Å². The molecule has 0 aromatic rings. The number of carbonyl (C=O) groups excluding carboxylic acids is 1. The number of hydrogen-bond donors (Lipinski definition) is 0. The van der Waals surface area contributed by atoms with Gasteiger partial charge in [0.05, 0.1) is 13.2 Å². The molecule has 1 rings (SSSR count). The van der Waals surface area contributed by atoms with Crippen molar-refractivity contribution in [3.05, 3.63) is 0 Å². The molecule has 1 amide bonds. The topological polar surface area (TPSA) is 29.5 Å². The Morgan fingerprint density at radius 2 is 1.65 bits per heavy atom. The first-order valence-electron chi connectivity index (χ1n) is 8.19. The van der Waals surface area contributed by atoms with E-state index >= 15 is 0 Å². The van der Waals surface area contributed by atoms with Crippen LogP contribution in [0.4, 0.5) is 0 Å². The van der Waals surface area contributed by atoms with Crippen LogP contribution in [0.15, 0.2) is 0 Å². The molecule has 1 unspecified atom stereocenters. The number of unbranched alkanes of at least 4 members (excludes halogenated alkanes) is 1. The Morgan fingerprint density at radius 1 is 1.10 bits per heavy atom. The summed E-state index contributed by atoms with van der Waals surface area (Å²) in [6.07, 6.45) is 4.69. The third-order valence-electron chi connectivity index (χ3n) is 4.19. The zero-order valence-corrected chi connectivity index (χ0v) is 14.1. The number of ether oxygens (including phenoxy) is 1. The van der Waals surface area contributed by atoms with Crippen LogP contribution in [0.1, 0.15) is 60.3 Å². The van der Waals surface area contributed by atoms with E-state index in [4.69, 9.17) is 4.74 Å². The molecular weight excluding hydrogens is 250 g/mol. The highest BCUT2D eigenvalue weighted by molar-refractivity contribution is 5.79. The van der Waals surface area contributed by atoms with E-state index in [1.165, 1.54) is 12.8 Å². The van der Waals surface area contributed by atoms with Gasteiger partial charge in [-0.1, -0.05) is 53.9 Å². The van der Waals surface area contributed by atoms with Gasteiger partial charge in [0.1, 0.15) is 0 Å². The maximum atomic E-state index is 12.7. The minimum Gasteiger partial charge on any atom is -0.378 e. The lowest BCUT2D eigenvalue weighted by atomic mass is 9.76. The average molecular weight is 283 g/mol. The number of hydrogen-bond acceptors (Lipinski definition) is 2. The van der Waals surface area contributed by atoms with Crippen LogP contribution in [-0.2, 0) is 9.53 Å². The summed E-state index contributed by atoms with van der Waals surface area (Å²) in [6, 6.07) is 0. The van der Waals surface area contributed by atoms with Gasteiger partial charge in [0.15, 0.2) is 0 Å². The van der Waals surface area contributed by atoms with Crippen LogP contribution in [0.2, 0.25) is 0 Å². The maximum Gasteiger partial charge on any atom is 0.226 e. The summed E-state index contributed by atoms with van der Waals surface area (Å²) in [4.78, 5) is 14.7. The van der Waals surface area contributed by atoms with E-state index in [0.717, 1.165) is 31.8 Å². The summed E-state index contributed by atoms with van der Waals surface area (Å²) >= 11 is 0. The van der Waals surface area contributed by atoms with Crippen LogP contribution in [0.3, 0.4) is 0 Å². The van der Waals surface area contributed by atoms with E-state index in [0.29, 0.717) is 19.1 Å². The van der Waals surface area contributed by atoms with E-state index < -0.39 is 0 Å². The molecule has 3 heteroatoms. The fourth-order valence-corrected chi connectivity index (χ4v) is 2.83. The Labute approximate surface area is 125 Å². The highest BCUT2D eigenvalue weighted by Gasteiger charge is 2.34. The van der Waals surface area contributed by atoms with Gasteiger partial charge >= 0.3 is 0 Å². The van der Waals surface area contributed by atoms with Crippen LogP contribution >= 0.6 is 0 Å². The summed E-state index contributed by atoms with van der Waals surface area (Å²) in [7, 11) is 0. The molecule has 0 N–H and O–H groups in total. The van der Waals surface area contributed by atoms with Gasteiger partial charge in [0.25, 0.3) is 0 Å². The standard InChI is InChI=1S/C17H33NO2/c1-14(2)8-6-7-9-15(17(3,4)5)16(19)18-10-12-20-13-11-18/h14-15H,6-13H2,1-5H3. The summed E-state index contributed by atoms with van der Waals surface area (Å²) in [5.74, 6) is 1.25. The molecule has 1 aliphatic rings. The summed E-state index contributed by atoms with van der Waals surface area (Å²) in [6.45, 7) is 14.0. The molecule has 0 aromatic carbocycles. The largest absolute Gasteiger partial charge is 0.378 e. The molecule has 0 saturated carbocycles. The highest BCUT2D eigenvalue weighted by Crippen LogP contribution is 2.32. The molecule has 1 saturated heterocycles. The van der Waals surface area contributed by atoms with Crippen molar-refractivity contribution in [1.29, 1.82) is 0 Å². The fourth-order valence-electron chi connectivity index (χ4n) is 2.83. The molecule has 1 aliphatic heterocycles. The second kappa shape index (κ2) is 8.02.